The number of nitrogens with two attached hydrogens (primary N) is 1. The summed E-state index contributed by atoms with van der Waals surface area (Å²) in [5.74, 6) is 0. The topological polar surface area (TPSA) is 38.0 Å². The molecular weight excluding hydrogens is 88.1 g/mol. The molecule has 0 bridgehead atoms. The van der Waals surface area contributed by atoms with Crippen LogP contribution in [-0.2, 0) is 0 Å². The summed E-state index contributed by atoms with van der Waals surface area (Å²) in [6.07, 6.45) is 0. The van der Waals surface area contributed by atoms with Crippen molar-refractivity contribution in [1.82, 2.24) is 5.32 Å². The van der Waals surface area contributed by atoms with Gasteiger partial charge in [-0.25, -0.2) is 0 Å². The summed E-state index contributed by atoms with van der Waals surface area (Å²) >= 11 is 0. The average Bonchev–Trinajstić information content (AvgIpc) is 1.63. The van der Waals surface area contributed by atoms with Crippen molar-refractivity contribution in [2.75, 3.05) is 6.54 Å². The Morgan fingerprint density at radius 3 is 2.14 bits per heavy atom. The highest BCUT2D eigenvalue weighted by Gasteiger charge is 2.34. The summed E-state index contributed by atoms with van der Waals surface area (Å²) < 4.78 is 0. The van der Waals surface area contributed by atoms with Gasteiger partial charge in [0.05, 0.1) is 0 Å². The largest absolute Gasteiger partial charge is 0.325 e. The van der Waals surface area contributed by atoms with Crippen LogP contribution in [0.15, 0.2) is 0 Å². The Kier molecular flexibility index (Phi) is 0.869. The van der Waals surface area contributed by atoms with Crippen LogP contribution in [0.2, 0.25) is 0 Å². The summed E-state index contributed by atoms with van der Waals surface area (Å²) in [4.78, 5) is 0. The molecular formula is C5H12N2. The van der Waals surface area contributed by atoms with Gasteiger partial charge in [-0.1, -0.05) is 0 Å². The van der Waals surface area contributed by atoms with Crippen molar-refractivity contribution in [3.63, 3.8) is 0 Å². The van der Waals surface area contributed by atoms with Crippen molar-refractivity contribution < 1.29 is 0 Å². The lowest BCUT2D eigenvalue weighted by Crippen LogP contribution is -2.69. The first-order chi connectivity index (χ1) is 3.13. The highest BCUT2D eigenvalue weighted by Crippen LogP contribution is 2.13. The molecule has 0 aromatic rings. The first-order valence-electron chi connectivity index (χ1n) is 2.63. The molecule has 1 heterocycles. The third-order valence-corrected chi connectivity index (χ3v) is 1.70. The molecule has 0 spiro atoms. The second-order valence-electron chi connectivity index (χ2n) is 2.71. The number of hydrogen-bond donors (Lipinski definition) is 2. The zero-order chi connectivity index (χ0) is 5.49. The molecule has 1 aliphatic rings. The molecule has 42 valence electrons. The molecule has 1 unspecified atom stereocenters. The molecule has 1 saturated heterocycles. The van der Waals surface area contributed by atoms with Crippen LogP contribution < -0.4 is 11.1 Å². The molecule has 7 heavy (non-hydrogen) atoms. The maximum Gasteiger partial charge on any atom is 0.0345 e. The molecule has 0 saturated carbocycles. The van der Waals surface area contributed by atoms with E-state index in [1.54, 1.807) is 0 Å². The third kappa shape index (κ3) is 0.640. The van der Waals surface area contributed by atoms with E-state index in [-0.39, 0.29) is 5.54 Å². The third-order valence-electron chi connectivity index (χ3n) is 1.70. The van der Waals surface area contributed by atoms with Crippen molar-refractivity contribution in [3.8, 4) is 0 Å². The second-order valence-corrected chi connectivity index (χ2v) is 2.71. The normalized spacial score (nSPS) is 37.3. The fourth-order valence-corrected chi connectivity index (χ4v) is 0.628. The predicted molar refractivity (Wildman–Crippen MR) is 30.1 cm³/mol. The van der Waals surface area contributed by atoms with Crippen LogP contribution in [0.25, 0.3) is 0 Å². The van der Waals surface area contributed by atoms with Crippen LogP contribution in [0.4, 0.5) is 0 Å². The maximum absolute atomic E-state index is 5.59. The number of rotatable bonds is 0. The van der Waals surface area contributed by atoms with E-state index in [9.17, 15) is 0 Å². The van der Waals surface area contributed by atoms with Crippen LogP contribution >= 0.6 is 0 Å². The maximum atomic E-state index is 5.59. The van der Waals surface area contributed by atoms with E-state index in [0.29, 0.717) is 6.04 Å². The average molecular weight is 100 g/mol. The van der Waals surface area contributed by atoms with Gasteiger partial charge in [0.1, 0.15) is 0 Å². The number of hydrogen-bond acceptors (Lipinski definition) is 2. The van der Waals surface area contributed by atoms with Crippen LogP contribution in [0.1, 0.15) is 13.8 Å². The van der Waals surface area contributed by atoms with Gasteiger partial charge >= 0.3 is 0 Å². The lowest BCUT2D eigenvalue weighted by Gasteiger charge is -2.43. The van der Waals surface area contributed by atoms with E-state index >= 15 is 0 Å². The van der Waals surface area contributed by atoms with Gasteiger partial charge in [0.2, 0.25) is 0 Å². The Morgan fingerprint density at radius 1 is 1.71 bits per heavy atom. The molecule has 0 aromatic carbocycles. The quantitative estimate of drug-likeness (QED) is 0.438. The molecule has 2 nitrogen and oxygen atoms in total. The smallest absolute Gasteiger partial charge is 0.0345 e. The van der Waals surface area contributed by atoms with E-state index in [4.69, 9.17) is 5.73 Å². The first-order valence-corrected chi connectivity index (χ1v) is 2.63. The fraction of sp³-hybridized carbons (Fsp3) is 1.00. The molecule has 0 radical (unpaired) electrons. The second kappa shape index (κ2) is 1.20. The van der Waals surface area contributed by atoms with E-state index in [2.05, 4.69) is 19.2 Å². The molecule has 3 N–H and O–H groups in total. The molecule has 1 fully saturated rings. The molecule has 2 heteroatoms. The summed E-state index contributed by atoms with van der Waals surface area (Å²) in [7, 11) is 0. The van der Waals surface area contributed by atoms with Gasteiger partial charge in [0.15, 0.2) is 0 Å². The molecule has 1 rings (SSSR count). The minimum Gasteiger partial charge on any atom is -0.325 e. The SMILES string of the molecule is CC1(C)NCC1N. The lowest BCUT2D eigenvalue weighted by atomic mass is 9.87. The highest BCUT2D eigenvalue weighted by molar-refractivity contribution is 4.99. The van der Waals surface area contributed by atoms with Gasteiger partial charge in [-0.05, 0) is 13.8 Å². The minimum absolute atomic E-state index is 0.208. The summed E-state index contributed by atoms with van der Waals surface area (Å²) in [5.41, 5.74) is 5.80. The predicted octanol–water partition coefficient (Wildman–Crippen LogP) is -0.305. The molecule has 1 atom stereocenters. The first kappa shape index (κ1) is 5.06. The highest BCUT2D eigenvalue weighted by atomic mass is 15.1. The van der Waals surface area contributed by atoms with Crippen LogP contribution in [0.3, 0.4) is 0 Å². The van der Waals surface area contributed by atoms with Gasteiger partial charge < -0.3 is 11.1 Å². The molecule has 0 aromatic heterocycles. The minimum atomic E-state index is 0.208. The van der Waals surface area contributed by atoms with Crippen molar-refractivity contribution >= 4 is 0 Å². The molecule has 0 amide bonds. The van der Waals surface area contributed by atoms with Crippen LogP contribution in [0.5, 0.6) is 0 Å². The molecule has 1 aliphatic heterocycles. The Bertz CT molecular complexity index is 78.1. The lowest BCUT2D eigenvalue weighted by molar-refractivity contribution is 0.211. The van der Waals surface area contributed by atoms with Crippen LogP contribution in [0, 0.1) is 0 Å². The van der Waals surface area contributed by atoms with Crippen molar-refractivity contribution in [2.24, 2.45) is 5.73 Å². The summed E-state index contributed by atoms with van der Waals surface area (Å²) in [5, 5.41) is 3.21. The monoisotopic (exact) mass is 100 g/mol. The van der Waals surface area contributed by atoms with Gasteiger partial charge in [-0.15, -0.1) is 0 Å². The zero-order valence-electron chi connectivity index (χ0n) is 4.86. The zero-order valence-corrected chi connectivity index (χ0v) is 4.86. The van der Waals surface area contributed by atoms with Gasteiger partial charge in [-0.2, -0.15) is 0 Å². The van der Waals surface area contributed by atoms with Crippen LogP contribution in [-0.4, -0.2) is 18.1 Å². The summed E-state index contributed by atoms with van der Waals surface area (Å²) in [6, 6.07) is 0.368. The standard InChI is InChI=1S/C5H12N2/c1-5(2)4(6)3-7-5/h4,7H,3,6H2,1-2H3. The number of nitrogens with one attached hydrogen (secondary N) is 1. The van der Waals surface area contributed by atoms with Crippen molar-refractivity contribution in [1.29, 1.82) is 0 Å². The Hall–Kier alpha value is -0.0800. The van der Waals surface area contributed by atoms with Crippen molar-refractivity contribution in [3.05, 3.63) is 0 Å². The Labute approximate surface area is 44.1 Å². The van der Waals surface area contributed by atoms with Gasteiger partial charge in [-0.3, -0.25) is 0 Å². The van der Waals surface area contributed by atoms with E-state index < -0.39 is 0 Å². The van der Waals surface area contributed by atoms with E-state index in [1.807, 2.05) is 0 Å². The summed E-state index contributed by atoms with van der Waals surface area (Å²) in [6.45, 7) is 5.20. The van der Waals surface area contributed by atoms with Crippen molar-refractivity contribution in [2.45, 2.75) is 25.4 Å². The molecule has 0 aliphatic carbocycles. The Balaban J connectivity index is 2.43. The Morgan fingerprint density at radius 2 is 2.14 bits per heavy atom. The van der Waals surface area contributed by atoms with Gasteiger partial charge in [0, 0.05) is 18.1 Å². The fourth-order valence-electron chi connectivity index (χ4n) is 0.628. The van der Waals surface area contributed by atoms with Gasteiger partial charge in [0.25, 0.3) is 0 Å². The van der Waals surface area contributed by atoms with E-state index in [1.165, 1.54) is 0 Å². The van der Waals surface area contributed by atoms with E-state index in [0.717, 1.165) is 6.54 Å².